The highest BCUT2D eigenvalue weighted by Crippen LogP contribution is 2.26. The SMILES string of the molecule is CC(=O)NCCCc1nnc(SCC(=O)c2ccc(S(=O)(=O)N3CCCC3)cc2)n1-c1ccccc1F. The molecule has 9 nitrogen and oxygen atoms in total. The number of carbonyl (C=O) groups excluding carboxylic acids is 2. The Bertz CT molecular complexity index is 1370. The van der Waals surface area contributed by atoms with Crippen LogP contribution in [0.25, 0.3) is 5.69 Å². The Morgan fingerprint density at radius 3 is 2.43 bits per heavy atom. The lowest BCUT2D eigenvalue weighted by atomic mass is 10.1. The average molecular weight is 546 g/mol. The number of aromatic nitrogens is 3. The number of hydrogen-bond acceptors (Lipinski definition) is 7. The molecule has 0 bridgehead atoms. The molecule has 0 aliphatic carbocycles. The van der Waals surface area contributed by atoms with Crippen LogP contribution in [0.15, 0.2) is 58.6 Å². The molecule has 1 amide bonds. The summed E-state index contributed by atoms with van der Waals surface area (Å²) in [5.41, 5.74) is 0.647. The fraction of sp³-hybridized carbons (Fsp3) is 0.360. The zero-order valence-corrected chi connectivity index (χ0v) is 22.0. The van der Waals surface area contributed by atoms with Gasteiger partial charge in [0.15, 0.2) is 10.9 Å². The Morgan fingerprint density at radius 1 is 1.05 bits per heavy atom. The number of carbonyl (C=O) groups is 2. The summed E-state index contributed by atoms with van der Waals surface area (Å²) >= 11 is 1.13. The van der Waals surface area contributed by atoms with Crippen LogP contribution in [0, 0.1) is 5.82 Å². The van der Waals surface area contributed by atoms with Gasteiger partial charge in [0.1, 0.15) is 11.6 Å². The van der Waals surface area contributed by atoms with E-state index in [-0.39, 0.29) is 28.0 Å². The molecule has 1 aromatic heterocycles. The first-order chi connectivity index (χ1) is 17.8. The van der Waals surface area contributed by atoms with Crippen molar-refractivity contribution in [3.05, 3.63) is 65.7 Å². The smallest absolute Gasteiger partial charge is 0.243 e. The number of nitrogens with one attached hydrogen (secondary N) is 1. The molecule has 3 aromatic rings. The number of rotatable bonds is 11. The number of ketones is 1. The second-order valence-corrected chi connectivity index (χ2v) is 11.5. The van der Waals surface area contributed by atoms with Crippen molar-refractivity contribution >= 4 is 33.5 Å². The number of sulfonamides is 1. The minimum Gasteiger partial charge on any atom is -0.356 e. The van der Waals surface area contributed by atoms with E-state index in [0.717, 1.165) is 24.6 Å². The van der Waals surface area contributed by atoms with Crippen molar-refractivity contribution in [2.24, 2.45) is 0 Å². The normalized spacial score (nSPS) is 14.1. The molecule has 12 heteroatoms. The van der Waals surface area contributed by atoms with Crippen LogP contribution in [0.4, 0.5) is 4.39 Å². The van der Waals surface area contributed by atoms with Gasteiger partial charge in [0.05, 0.1) is 16.3 Å². The third-order valence-corrected chi connectivity index (χ3v) is 8.80. The summed E-state index contributed by atoms with van der Waals surface area (Å²) in [6.07, 6.45) is 2.73. The van der Waals surface area contributed by atoms with Crippen LogP contribution in [0.3, 0.4) is 0 Å². The van der Waals surface area contributed by atoms with Crippen LogP contribution in [-0.2, 0) is 21.2 Å². The van der Waals surface area contributed by atoms with Gasteiger partial charge >= 0.3 is 0 Å². The Kier molecular flexibility index (Phi) is 8.72. The van der Waals surface area contributed by atoms with Gasteiger partial charge in [-0.05, 0) is 43.5 Å². The molecule has 0 atom stereocenters. The molecule has 2 heterocycles. The molecule has 1 saturated heterocycles. The zero-order valence-electron chi connectivity index (χ0n) is 20.4. The molecule has 1 aliphatic heterocycles. The highest BCUT2D eigenvalue weighted by atomic mass is 32.2. The Labute approximate surface area is 219 Å². The summed E-state index contributed by atoms with van der Waals surface area (Å²) in [5, 5.41) is 11.5. The van der Waals surface area contributed by atoms with Gasteiger partial charge < -0.3 is 5.32 Å². The maximum Gasteiger partial charge on any atom is 0.243 e. The number of benzene rings is 2. The number of para-hydroxylation sites is 1. The van der Waals surface area contributed by atoms with E-state index >= 15 is 0 Å². The fourth-order valence-electron chi connectivity index (χ4n) is 4.05. The van der Waals surface area contributed by atoms with Crippen molar-refractivity contribution in [3.8, 4) is 5.69 Å². The highest BCUT2D eigenvalue weighted by molar-refractivity contribution is 7.99. The number of amides is 1. The standard InChI is InChI=1S/C25H28FN5O4S2/c1-18(32)27-14-6-9-24-28-29-25(31(24)22-8-3-2-7-21(22)26)36-17-23(33)19-10-12-20(13-11-19)37(34,35)30-15-4-5-16-30/h2-3,7-8,10-13H,4-6,9,14-17H2,1H3,(H,27,32). The van der Waals surface area contributed by atoms with Gasteiger partial charge in [0, 0.05) is 38.5 Å². The Morgan fingerprint density at radius 2 is 1.76 bits per heavy atom. The predicted molar refractivity (Wildman–Crippen MR) is 138 cm³/mol. The second kappa shape index (κ2) is 12.0. The average Bonchev–Trinajstić information content (AvgIpc) is 3.56. The first kappa shape index (κ1) is 27.0. The van der Waals surface area contributed by atoms with Crippen LogP contribution in [-0.4, -0.2) is 64.6 Å². The van der Waals surface area contributed by atoms with Gasteiger partial charge in [0.2, 0.25) is 15.9 Å². The van der Waals surface area contributed by atoms with E-state index in [1.165, 1.54) is 41.6 Å². The molecule has 0 radical (unpaired) electrons. The highest BCUT2D eigenvalue weighted by Gasteiger charge is 2.27. The molecule has 0 spiro atoms. The lowest BCUT2D eigenvalue weighted by molar-refractivity contribution is -0.118. The number of halogens is 1. The molecule has 1 fully saturated rings. The predicted octanol–water partition coefficient (Wildman–Crippen LogP) is 3.23. The minimum absolute atomic E-state index is 0.0106. The van der Waals surface area contributed by atoms with Crippen LogP contribution < -0.4 is 5.32 Å². The van der Waals surface area contributed by atoms with E-state index in [2.05, 4.69) is 15.5 Å². The van der Waals surface area contributed by atoms with Gasteiger partial charge in [-0.15, -0.1) is 10.2 Å². The maximum absolute atomic E-state index is 14.7. The lowest BCUT2D eigenvalue weighted by Crippen LogP contribution is -2.27. The van der Waals surface area contributed by atoms with E-state index in [1.807, 2.05) is 0 Å². The van der Waals surface area contributed by atoms with E-state index in [4.69, 9.17) is 0 Å². The third kappa shape index (κ3) is 6.43. The van der Waals surface area contributed by atoms with Gasteiger partial charge in [0.25, 0.3) is 0 Å². The maximum atomic E-state index is 14.7. The number of Topliss-reactive ketones (excluding diaryl/α,β-unsaturated/α-hetero) is 1. The largest absolute Gasteiger partial charge is 0.356 e. The fourth-order valence-corrected chi connectivity index (χ4v) is 6.42. The van der Waals surface area contributed by atoms with Crippen LogP contribution in [0.5, 0.6) is 0 Å². The van der Waals surface area contributed by atoms with Crippen molar-refractivity contribution in [1.29, 1.82) is 0 Å². The summed E-state index contributed by atoms with van der Waals surface area (Å²) < 4.78 is 43.2. The van der Waals surface area contributed by atoms with Crippen molar-refractivity contribution < 1.29 is 22.4 Å². The molecule has 37 heavy (non-hydrogen) atoms. The molecule has 2 aromatic carbocycles. The molecule has 196 valence electrons. The molecular weight excluding hydrogens is 517 g/mol. The summed E-state index contributed by atoms with van der Waals surface area (Å²) in [6.45, 7) is 2.91. The Hall–Kier alpha value is -3.09. The van der Waals surface area contributed by atoms with Crippen molar-refractivity contribution in [2.45, 2.75) is 42.7 Å². The van der Waals surface area contributed by atoms with Gasteiger partial charge in [-0.1, -0.05) is 36.0 Å². The number of thioether (sulfide) groups is 1. The summed E-state index contributed by atoms with van der Waals surface area (Å²) in [5.74, 6) is -0.274. The summed E-state index contributed by atoms with van der Waals surface area (Å²) in [7, 11) is -3.55. The monoisotopic (exact) mass is 545 g/mol. The summed E-state index contributed by atoms with van der Waals surface area (Å²) in [4.78, 5) is 24.2. The number of nitrogens with zero attached hydrogens (tertiary/aromatic N) is 4. The summed E-state index contributed by atoms with van der Waals surface area (Å²) in [6, 6.07) is 12.2. The quantitative estimate of drug-likeness (QED) is 0.224. The first-order valence-corrected chi connectivity index (χ1v) is 14.4. The van der Waals surface area contributed by atoms with E-state index < -0.39 is 15.8 Å². The van der Waals surface area contributed by atoms with Crippen LogP contribution >= 0.6 is 11.8 Å². The molecule has 4 rings (SSSR count). The van der Waals surface area contributed by atoms with Crippen molar-refractivity contribution in [2.75, 3.05) is 25.4 Å². The Balaban J connectivity index is 1.47. The van der Waals surface area contributed by atoms with Crippen molar-refractivity contribution in [1.82, 2.24) is 24.4 Å². The first-order valence-electron chi connectivity index (χ1n) is 12.0. The van der Waals surface area contributed by atoms with Gasteiger partial charge in [-0.2, -0.15) is 4.31 Å². The topological polar surface area (TPSA) is 114 Å². The number of aryl methyl sites for hydroxylation is 1. The van der Waals surface area contributed by atoms with Gasteiger partial charge in [-0.25, -0.2) is 12.8 Å². The second-order valence-electron chi connectivity index (χ2n) is 8.62. The lowest BCUT2D eigenvalue weighted by Gasteiger charge is -2.15. The minimum atomic E-state index is -3.55. The molecule has 1 aliphatic rings. The molecule has 0 unspecified atom stereocenters. The van der Waals surface area contributed by atoms with E-state index in [9.17, 15) is 22.4 Å². The molecular formula is C25H28FN5O4S2. The van der Waals surface area contributed by atoms with Crippen molar-refractivity contribution in [3.63, 3.8) is 0 Å². The number of hydrogen-bond donors (Lipinski definition) is 1. The van der Waals surface area contributed by atoms with Gasteiger partial charge in [-0.3, -0.25) is 14.2 Å². The molecule has 1 N–H and O–H groups in total. The third-order valence-electron chi connectivity index (χ3n) is 5.96. The van der Waals surface area contributed by atoms with Crippen LogP contribution in [0.2, 0.25) is 0 Å². The molecule has 0 saturated carbocycles. The van der Waals surface area contributed by atoms with E-state index in [1.54, 1.807) is 22.8 Å². The zero-order chi connectivity index (χ0) is 26.4. The van der Waals surface area contributed by atoms with E-state index in [0.29, 0.717) is 49.0 Å². The van der Waals surface area contributed by atoms with Crippen LogP contribution in [0.1, 0.15) is 42.4 Å².